The molecule has 0 aromatic carbocycles. The third kappa shape index (κ3) is 36.9. The lowest BCUT2D eigenvalue weighted by molar-refractivity contribution is -0.123. The molecule has 16 nitrogen and oxygen atoms in total. The molecule has 50 heavy (non-hydrogen) atoms. The van der Waals surface area contributed by atoms with E-state index in [1.165, 1.54) is 0 Å². The summed E-state index contributed by atoms with van der Waals surface area (Å²) in [6, 6.07) is 0. The Balaban J connectivity index is 3.22. The van der Waals surface area contributed by atoms with Crippen LogP contribution in [0.2, 0.25) is 0 Å². The Morgan fingerprint density at radius 1 is 0.540 bits per heavy atom. The van der Waals surface area contributed by atoms with E-state index in [4.69, 9.17) is 42.6 Å². The Bertz CT molecular complexity index is 825. The Morgan fingerprint density at radius 2 is 1.00 bits per heavy atom. The largest absolute Gasteiger partial charge is 0.381 e. The minimum atomic E-state index is -0.0858. The molecule has 4 N–H and O–H groups in total. The molecule has 1 atom stereocenters. The summed E-state index contributed by atoms with van der Waals surface area (Å²) in [7, 11) is 1.59. The van der Waals surface area contributed by atoms with E-state index in [9.17, 15) is 14.4 Å². The molecule has 0 aromatic heterocycles. The second kappa shape index (κ2) is 37.8. The Morgan fingerprint density at radius 3 is 1.48 bits per heavy atom. The number of nitrogens with one attached hydrogen (secondary N) is 4. The second-order valence-electron chi connectivity index (χ2n) is 11.0. The molecule has 0 spiro atoms. The standard InChI is InChI=1S/C34H66N4O12/c1-5-35-34(41)28-38-30(2)29-50-26-25-49-24-23-48-22-21-47-20-19-46-18-17-45-16-15-44-14-13-43-12-11-37-32(39)9-7-6-8-10-36-33(40)27-31(3)42-4/h31,38H,2,5-29H2,1,3-4H3,(H,35,41)(H,36,40)(H,37,39). The number of hydrogen-bond acceptors (Lipinski definition) is 13. The number of unbranched alkanes of at least 4 members (excludes halogenated alkanes) is 2. The van der Waals surface area contributed by atoms with Crippen LogP contribution in [0.4, 0.5) is 0 Å². The van der Waals surface area contributed by atoms with Crippen LogP contribution in [0.1, 0.15) is 46.0 Å². The summed E-state index contributed by atoms with van der Waals surface area (Å²) in [5.41, 5.74) is 0.644. The van der Waals surface area contributed by atoms with Gasteiger partial charge in [-0.3, -0.25) is 14.4 Å². The fourth-order valence-corrected chi connectivity index (χ4v) is 3.83. The fourth-order valence-electron chi connectivity index (χ4n) is 3.83. The molecule has 294 valence electrons. The number of methoxy groups -OCH3 is 1. The van der Waals surface area contributed by atoms with Crippen LogP contribution in [-0.4, -0.2) is 163 Å². The topological polar surface area (TPSA) is 182 Å². The molecular weight excluding hydrogens is 656 g/mol. The molecule has 0 bridgehead atoms. The minimum Gasteiger partial charge on any atom is -0.381 e. The lowest BCUT2D eigenvalue weighted by Gasteiger charge is -2.10. The van der Waals surface area contributed by atoms with Crippen LogP contribution < -0.4 is 21.3 Å². The fraction of sp³-hybridized carbons (Fsp3) is 0.853. The predicted octanol–water partition coefficient (Wildman–Crippen LogP) is 0.576. The van der Waals surface area contributed by atoms with E-state index in [1.54, 1.807) is 7.11 Å². The summed E-state index contributed by atoms with van der Waals surface area (Å²) in [6.45, 7) is 16.6. The first-order chi connectivity index (χ1) is 24.4. The van der Waals surface area contributed by atoms with E-state index in [0.29, 0.717) is 144 Å². The number of hydrogen-bond donors (Lipinski definition) is 4. The Labute approximate surface area is 299 Å². The number of ether oxygens (including phenoxy) is 9. The number of rotatable bonds is 39. The first kappa shape index (κ1) is 47.6. The maximum atomic E-state index is 11.9. The number of likely N-dealkylation sites (N-methyl/N-ethyl adjacent to an activating group) is 1. The molecule has 0 aromatic rings. The molecule has 0 aliphatic carbocycles. The van der Waals surface area contributed by atoms with Gasteiger partial charge in [0.15, 0.2) is 0 Å². The summed E-state index contributed by atoms with van der Waals surface area (Å²) in [5, 5.41) is 11.3. The van der Waals surface area contributed by atoms with E-state index >= 15 is 0 Å². The summed E-state index contributed by atoms with van der Waals surface area (Å²) in [6.07, 6.45) is 3.23. The van der Waals surface area contributed by atoms with Crippen molar-refractivity contribution in [3.05, 3.63) is 12.3 Å². The first-order valence-corrected chi connectivity index (χ1v) is 17.7. The predicted molar refractivity (Wildman–Crippen MR) is 188 cm³/mol. The SMILES string of the molecule is C=C(COCCOCCOCCOCCOCCOCCOCCOCCNC(=O)CCCCCNC(=O)CC(C)OC)NCC(=O)NCC. The van der Waals surface area contributed by atoms with Crippen molar-refractivity contribution < 1.29 is 57.0 Å². The van der Waals surface area contributed by atoms with Crippen LogP contribution in [0, 0.1) is 0 Å². The van der Waals surface area contributed by atoms with Crippen molar-refractivity contribution in [2.24, 2.45) is 0 Å². The van der Waals surface area contributed by atoms with Gasteiger partial charge in [0.25, 0.3) is 0 Å². The van der Waals surface area contributed by atoms with Gasteiger partial charge in [0, 0.05) is 38.9 Å². The Kier molecular flexibility index (Phi) is 36.0. The van der Waals surface area contributed by atoms with Crippen molar-refractivity contribution >= 4 is 17.7 Å². The second-order valence-corrected chi connectivity index (χ2v) is 11.0. The average Bonchev–Trinajstić information content (AvgIpc) is 3.10. The van der Waals surface area contributed by atoms with Gasteiger partial charge in [0.2, 0.25) is 17.7 Å². The van der Waals surface area contributed by atoms with E-state index < -0.39 is 0 Å². The van der Waals surface area contributed by atoms with Crippen molar-refractivity contribution in [1.29, 1.82) is 0 Å². The van der Waals surface area contributed by atoms with Gasteiger partial charge in [-0.2, -0.15) is 0 Å². The number of amides is 3. The van der Waals surface area contributed by atoms with Gasteiger partial charge in [-0.25, -0.2) is 0 Å². The molecule has 1 unspecified atom stereocenters. The summed E-state index contributed by atoms with van der Waals surface area (Å²) in [5.74, 6) is -0.0915. The highest BCUT2D eigenvalue weighted by Crippen LogP contribution is 2.00. The maximum absolute atomic E-state index is 11.9. The quantitative estimate of drug-likeness (QED) is 0.0648. The first-order valence-electron chi connectivity index (χ1n) is 17.7. The van der Waals surface area contributed by atoms with E-state index in [-0.39, 0.29) is 30.4 Å². The molecule has 0 rings (SSSR count). The van der Waals surface area contributed by atoms with Gasteiger partial charge in [-0.1, -0.05) is 13.0 Å². The molecule has 0 radical (unpaired) electrons. The average molecular weight is 723 g/mol. The van der Waals surface area contributed by atoms with Gasteiger partial charge in [0.1, 0.15) is 0 Å². The summed E-state index contributed by atoms with van der Waals surface area (Å²) >= 11 is 0. The van der Waals surface area contributed by atoms with Crippen molar-refractivity contribution in [2.45, 2.75) is 52.1 Å². The summed E-state index contributed by atoms with van der Waals surface area (Å²) < 4.78 is 48.8. The highest BCUT2D eigenvalue weighted by Gasteiger charge is 2.07. The Hall–Kier alpha value is -2.41. The zero-order valence-corrected chi connectivity index (χ0v) is 30.9. The maximum Gasteiger partial charge on any atom is 0.239 e. The van der Waals surface area contributed by atoms with Crippen LogP contribution in [0.3, 0.4) is 0 Å². The van der Waals surface area contributed by atoms with Gasteiger partial charge >= 0.3 is 0 Å². The minimum absolute atomic E-state index is 0.00379. The normalized spacial score (nSPS) is 11.7. The number of carbonyl (C=O) groups excluding carboxylic acids is 3. The van der Waals surface area contributed by atoms with Crippen molar-refractivity contribution in [3.8, 4) is 0 Å². The van der Waals surface area contributed by atoms with E-state index in [0.717, 1.165) is 19.3 Å². The molecule has 0 fully saturated rings. The summed E-state index contributed by atoms with van der Waals surface area (Å²) in [4.78, 5) is 34.9. The van der Waals surface area contributed by atoms with Crippen LogP contribution in [0.25, 0.3) is 0 Å². The molecule has 16 heteroatoms. The van der Waals surface area contributed by atoms with Crippen molar-refractivity contribution in [2.75, 3.05) is 139 Å². The molecular formula is C34H66N4O12. The highest BCUT2D eigenvalue weighted by molar-refractivity contribution is 5.78. The van der Waals surface area contributed by atoms with Gasteiger partial charge in [0.05, 0.1) is 125 Å². The zero-order valence-electron chi connectivity index (χ0n) is 30.9. The van der Waals surface area contributed by atoms with Crippen molar-refractivity contribution in [3.63, 3.8) is 0 Å². The number of carbonyl (C=O) groups is 3. The molecule has 0 aliphatic heterocycles. The smallest absolute Gasteiger partial charge is 0.239 e. The zero-order chi connectivity index (χ0) is 36.8. The molecule has 0 heterocycles. The molecule has 0 saturated carbocycles. The lowest BCUT2D eigenvalue weighted by atomic mass is 10.2. The van der Waals surface area contributed by atoms with Gasteiger partial charge < -0.3 is 63.9 Å². The van der Waals surface area contributed by atoms with Crippen molar-refractivity contribution in [1.82, 2.24) is 21.3 Å². The van der Waals surface area contributed by atoms with Crippen LogP contribution in [0.15, 0.2) is 12.3 Å². The third-order valence-corrected chi connectivity index (χ3v) is 6.60. The third-order valence-electron chi connectivity index (χ3n) is 6.60. The highest BCUT2D eigenvalue weighted by atomic mass is 16.6. The van der Waals surface area contributed by atoms with E-state index in [1.807, 2.05) is 13.8 Å². The monoisotopic (exact) mass is 722 g/mol. The van der Waals surface area contributed by atoms with Crippen LogP contribution in [0.5, 0.6) is 0 Å². The van der Waals surface area contributed by atoms with Crippen LogP contribution in [-0.2, 0) is 57.0 Å². The van der Waals surface area contributed by atoms with Crippen LogP contribution >= 0.6 is 0 Å². The lowest BCUT2D eigenvalue weighted by Crippen LogP contribution is -2.34. The van der Waals surface area contributed by atoms with E-state index in [2.05, 4.69) is 27.8 Å². The molecule has 0 saturated heterocycles. The molecule has 0 aliphatic rings. The molecule has 3 amide bonds. The van der Waals surface area contributed by atoms with Gasteiger partial charge in [-0.05, 0) is 26.7 Å². The van der Waals surface area contributed by atoms with Gasteiger partial charge in [-0.15, -0.1) is 0 Å².